The smallest absolute Gasteiger partial charge is 0.0669 e. The highest BCUT2D eigenvalue weighted by Gasteiger charge is 2.37. The molecule has 1 unspecified atom stereocenters. The van der Waals surface area contributed by atoms with Crippen molar-refractivity contribution in [3.05, 3.63) is 18.0 Å². The molecule has 1 aliphatic heterocycles. The quantitative estimate of drug-likeness (QED) is 0.607. The Morgan fingerprint density at radius 3 is 2.68 bits per heavy atom. The number of hydrazine groups is 1. The van der Waals surface area contributed by atoms with Gasteiger partial charge in [0.1, 0.15) is 0 Å². The lowest BCUT2D eigenvalue weighted by Crippen LogP contribution is -2.53. The summed E-state index contributed by atoms with van der Waals surface area (Å²) in [6, 6.07) is 0.108. The van der Waals surface area contributed by atoms with Crippen LogP contribution in [-0.2, 0) is 6.54 Å². The molecule has 0 aromatic carbocycles. The molecule has 0 aliphatic carbocycles. The molecule has 5 nitrogen and oxygen atoms in total. The summed E-state index contributed by atoms with van der Waals surface area (Å²) < 4.78 is 2.00. The van der Waals surface area contributed by atoms with Gasteiger partial charge in [-0.3, -0.25) is 20.9 Å². The molecule has 19 heavy (non-hydrogen) atoms. The van der Waals surface area contributed by atoms with Crippen LogP contribution in [0.3, 0.4) is 0 Å². The van der Waals surface area contributed by atoms with Crippen LogP contribution < -0.4 is 11.3 Å². The molecule has 0 spiro atoms. The van der Waals surface area contributed by atoms with Gasteiger partial charge in [0.05, 0.1) is 12.2 Å². The summed E-state index contributed by atoms with van der Waals surface area (Å²) in [5.41, 5.74) is 4.18. The van der Waals surface area contributed by atoms with E-state index in [0.29, 0.717) is 0 Å². The Balaban J connectivity index is 2.17. The minimum atomic E-state index is 0.00529. The lowest BCUT2D eigenvalue weighted by molar-refractivity contribution is 0.107. The van der Waals surface area contributed by atoms with E-state index >= 15 is 0 Å². The van der Waals surface area contributed by atoms with Gasteiger partial charge in [-0.25, -0.2) is 0 Å². The van der Waals surface area contributed by atoms with E-state index in [-0.39, 0.29) is 11.6 Å². The van der Waals surface area contributed by atoms with E-state index in [4.69, 9.17) is 5.84 Å². The van der Waals surface area contributed by atoms with E-state index in [1.54, 1.807) is 0 Å². The van der Waals surface area contributed by atoms with Crippen LogP contribution in [0, 0.1) is 0 Å². The van der Waals surface area contributed by atoms with Crippen molar-refractivity contribution in [2.45, 2.75) is 58.2 Å². The number of hydrogen-bond donors (Lipinski definition) is 2. The number of aromatic nitrogens is 2. The zero-order valence-electron chi connectivity index (χ0n) is 12.4. The van der Waals surface area contributed by atoms with Crippen LogP contribution in [-0.4, -0.2) is 33.3 Å². The van der Waals surface area contributed by atoms with Crippen molar-refractivity contribution < 1.29 is 0 Å². The Morgan fingerprint density at radius 1 is 1.42 bits per heavy atom. The van der Waals surface area contributed by atoms with E-state index in [1.807, 2.05) is 10.9 Å². The van der Waals surface area contributed by atoms with Crippen molar-refractivity contribution >= 4 is 0 Å². The Labute approximate surface area is 116 Å². The molecule has 0 radical (unpaired) electrons. The molecule has 108 valence electrons. The normalized spacial score (nSPS) is 18.9. The van der Waals surface area contributed by atoms with E-state index in [0.717, 1.165) is 26.1 Å². The molecule has 0 saturated carbocycles. The number of nitrogens with zero attached hydrogens (tertiary/aromatic N) is 3. The van der Waals surface area contributed by atoms with Crippen LogP contribution in [0.5, 0.6) is 0 Å². The predicted molar refractivity (Wildman–Crippen MR) is 77.5 cm³/mol. The molecule has 5 heteroatoms. The summed E-state index contributed by atoms with van der Waals surface area (Å²) in [5, 5.41) is 4.42. The highest BCUT2D eigenvalue weighted by Crippen LogP contribution is 2.32. The van der Waals surface area contributed by atoms with Crippen LogP contribution >= 0.6 is 0 Å². The molecule has 1 atom stereocenters. The van der Waals surface area contributed by atoms with Crippen LogP contribution in [0.25, 0.3) is 0 Å². The first-order valence-corrected chi connectivity index (χ1v) is 7.33. The lowest BCUT2D eigenvalue weighted by Gasteiger charge is -2.41. The average Bonchev–Trinajstić information content (AvgIpc) is 3.01. The third-order valence-electron chi connectivity index (χ3n) is 4.23. The zero-order chi connectivity index (χ0) is 13.9. The number of aryl methyl sites for hydroxylation is 1. The van der Waals surface area contributed by atoms with Gasteiger partial charge in [0.25, 0.3) is 0 Å². The molecule has 2 rings (SSSR count). The number of nitrogens with two attached hydrogens (primary N) is 1. The fourth-order valence-corrected chi connectivity index (χ4v) is 3.06. The topological polar surface area (TPSA) is 59.1 Å². The van der Waals surface area contributed by atoms with Crippen molar-refractivity contribution in [1.29, 1.82) is 0 Å². The summed E-state index contributed by atoms with van der Waals surface area (Å²) in [4.78, 5) is 2.52. The average molecular weight is 265 g/mol. The second-order valence-electron chi connectivity index (χ2n) is 5.98. The summed E-state index contributed by atoms with van der Waals surface area (Å²) in [7, 11) is 0. The molecular formula is C14H27N5. The molecular weight excluding hydrogens is 238 g/mol. The first-order chi connectivity index (χ1) is 9.09. The first-order valence-electron chi connectivity index (χ1n) is 7.33. The molecule has 1 aromatic rings. The fourth-order valence-electron chi connectivity index (χ4n) is 3.06. The number of likely N-dealkylation sites (tertiary alicyclic amines) is 1. The maximum atomic E-state index is 5.83. The minimum absolute atomic E-state index is 0.00529. The molecule has 1 fully saturated rings. The Kier molecular flexibility index (Phi) is 4.60. The fraction of sp³-hybridized carbons (Fsp3) is 0.786. The second kappa shape index (κ2) is 6.03. The van der Waals surface area contributed by atoms with Crippen LogP contribution in [0.15, 0.2) is 12.4 Å². The summed E-state index contributed by atoms with van der Waals surface area (Å²) >= 11 is 0. The van der Waals surface area contributed by atoms with Gasteiger partial charge in [-0.15, -0.1) is 0 Å². The molecule has 1 aromatic heterocycles. The van der Waals surface area contributed by atoms with Gasteiger partial charge >= 0.3 is 0 Å². The molecule has 3 N–H and O–H groups in total. The largest absolute Gasteiger partial charge is 0.296 e. The van der Waals surface area contributed by atoms with Gasteiger partial charge in [0.15, 0.2) is 0 Å². The third kappa shape index (κ3) is 2.99. The second-order valence-corrected chi connectivity index (χ2v) is 5.98. The molecule has 0 bridgehead atoms. The van der Waals surface area contributed by atoms with Gasteiger partial charge < -0.3 is 0 Å². The van der Waals surface area contributed by atoms with E-state index in [1.165, 1.54) is 18.4 Å². The van der Waals surface area contributed by atoms with Crippen molar-refractivity contribution in [2.75, 3.05) is 13.1 Å². The summed E-state index contributed by atoms with van der Waals surface area (Å²) in [6.07, 6.45) is 7.73. The number of nitrogens with one attached hydrogen (secondary N) is 1. The van der Waals surface area contributed by atoms with Gasteiger partial charge in [-0.05, 0) is 46.2 Å². The number of rotatable bonds is 6. The monoisotopic (exact) mass is 265 g/mol. The Morgan fingerprint density at radius 2 is 2.11 bits per heavy atom. The van der Waals surface area contributed by atoms with Crippen LogP contribution in [0.4, 0.5) is 0 Å². The van der Waals surface area contributed by atoms with Gasteiger partial charge in [-0.2, -0.15) is 5.10 Å². The maximum absolute atomic E-state index is 5.83. The van der Waals surface area contributed by atoms with Crippen molar-refractivity contribution in [3.8, 4) is 0 Å². The Hall–Kier alpha value is -0.910. The van der Waals surface area contributed by atoms with Crippen molar-refractivity contribution in [2.24, 2.45) is 5.84 Å². The standard InChI is InChI=1S/C14H27N5/c1-4-7-19-11-12(10-16-19)13(17-15)14(2,3)18-8-5-6-9-18/h10-11,13,17H,4-9,15H2,1-3H3. The van der Waals surface area contributed by atoms with Crippen molar-refractivity contribution in [1.82, 2.24) is 20.1 Å². The van der Waals surface area contributed by atoms with Gasteiger partial charge in [0.2, 0.25) is 0 Å². The first kappa shape index (κ1) is 14.5. The summed E-state index contributed by atoms with van der Waals surface area (Å²) in [6.45, 7) is 9.97. The lowest BCUT2D eigenvalue weighted by atomic mass is 9.89. The van der Waals surface area contributed by atoms with E-state index < -0.39 is 0 Å². The predicted octanol–water partition coefficient (Wildman–Crippen LogP) is 1.67. The zero-order valence-corrected chi connectivity index (χ0v) is 12.4. The molecule has 0 amide bonds. The number of hydrogen-bond acceptors (Lipinski definition) is 4. The van der Waals surface area contributed by atoms with E-state index in [9.17, 15) is 0 Å². The maximum Gasteiger partial charge on any atom is 0.0669 e. The van der Waals surface area contributed by atoms with Gasteiger partial charge in [-0.1, -0.05) is 6.92 Å². The highest BCUT2D eigenvalue weighted by molar-refractivity contribution is 5.16. The SMILES string of the molecule is CCCn1cc(C(NN)C(C)(C)N2CCCC2)cn1. The van der Waals surface area contributed by atoms with Crippen LogP contribution in [0.2, 0.25) is 0 Å². The summed E-state index contributed by atoms with van der Waals surface area (Å²) in [5.74, 6) is 5.83. The Bertz CT molecular complexity index is 392. The highest BCUT2D eigenvalue weighted by atomic mass is 15.3. The van der Waals surface area contributed by atoms with Gasteiger partial charge in [0, 0.05) is 23.8 Å². The third-order valence-corrected chi connectivity index (χ3v) is 4.23. The molecule has 2 heterocycles. The van der Waals surface area contributed by atoms with E-state index in [2.05, 4.69) is 42.4 Å². The van der Waals surface area contributed by atoms with Crippen molar-refractivity contribution in [3.63, 3.8) is 0 Å². The molecule has 1 aliphatic rings. The molecule has 1 saturated heterocycles. The van der Waals surface area contributed by atoms with Crippen LogP contribution in [0.1, 0.15) is 51.6 Å². The minimum Gasteiger partial charge on any atom is -0.296 e.